The molecule has 0 aliphatic carbocycles. The molecule has 2 aromatic carbocycles. The van der Waals surface area contributed by atoms with E-state index < -0.39 is 0 Å². The van der Waals surface area contributed by atoms with E-state index in [1.165, 1.54) is 0 Å². The van der Waals surface area contributed by atoms with Crippen LogP contribution in [0.3, 0.4) is 0 Å². The van der Waals surface area contributed by atoms with Crippen molar-refractivity contribution in [2.24, 2.45) is 0 Å². The Morgan fingerprint density at radius 1 is 1.00 bits per heavy atom. The van der Waals surface area contributed by atoms with Gasteiger partial charge >= 0.3 is 0 Å². The summed E-state index contributed by atoms with van der Waals surface area (Å²) < 4.78 is 16.0. The molecule has 0 aliphatic heterocycles. The molecule has 114 valence electrons. The van der Waals surface area contributed by atoms with Crippen molar-refractivity contribution in [1.29, 1.82) is 0 Å². The van der Waals surface area contributed by atoms with Crippen LogP contribution in [-0.2, 0) is 0 Å². The van der Waals surface area contributed by atoms with Gasteiger partial charge in [0.05, 0.1) is 7.11 Å². The maximum atomic E-state index is 5.47. The number of aromatic nitrogens is 3. The van der Waals surface area contributed by atoms with Crippen molar-refractivity contribution in [1.82, 2.24) is 15.1 Å². The minimum Gasteiger partial charge on any atom is -0.497 e. The lowest BCUT2D eigenvalue weighted by Gasteiger charge is -1.99. The van der Waals surface area contributed by atoms with Gasteiger partial charge < -0.3 is 13.7 Å². The van der Waals surface area contributed by atoms with Gasteiger partial charge in [0.15, 0.2) is 11.5 Å². The van der Waals surface area contributed by atoms with Crippen molar-refractivity contribution in [3.63, 3.8) is 0 Å². The average molecular weight is 307 g/mol. The predicted octanol–water partition coefficient (Wildman–Crippen LogP) is 3.86. The van der Waals surface area contributed by atoms with Crippen molar-refractivity contribution >= 4 is 11.1 Å². The molecular weight excluding hydrogens is 294 g/mol. The maximum Gasteiger partial charge on any atom is 0.258 e. The predicted molar refractivity (Wildman–Crippen MR) is 84.0 cm³/mol. The number of oxazole rings is 1. The molecule has 2 aromatic heterocycles. The number of fused-ring (bicyclic) bond motifs is 1. The van der Waals surface area contributed by atoms with E-state index in [0.717, 1.165) is 28.0 Å². The second-order valence-electron chi connectivity index (χ2n) is 5.07. The normalized spacial score (nSPS) is 11.0. The number of nitrogens with zero attached hydrogens (tertiary/aromatic N) is 3. The summed E-state index contributed by atoms with van der Waals surface area (Å²) in [5, 5.41) is 4.05. The molecule has 4 aromatic rings. The summed E-state index contributed by atoms with van der Waals surface area (Å²) in [5.74, 6) is 2.31. The average Bonchev–Trinajstić information content (AvgIpc) is 3.19. The molecule has 0 aliphatic rings. The number of hydrogen-bond donors (Lipinski definition) is 0. The first kappa shape index (κ1) is 13.5. The highest BCUT2D eigenvalue weighted by Crippen LogP contribution is 2.27. The largest absolute Gasteiger partial charge is 0.497 e. The molecule has 0 saturated carbocycles. The van der Waals surface area contributed by atoms with Gasteiger partial charge in [0.25, 0.3) is 5.89 Å². The number of hydrogen-bond acceptors (Lipinski definition) is 6. The van der Waals surface area contributed by atoms with Crippen LogP contribution in [0.25, 0.3) is 33.9 Å². The van der Waals surface area contributed by atoms with E-state index in [-0.39, 0.29) is 0 Å². The van der Waals surface area contributed by atoms with Crippen molar-refractivity contribution in [2.75, 3.05) is 7.11 Å². The Morgan fingerprint density at radius 2 is 1.91 bits per heavy atom. The third-order valence-electron chi connectivity index (χ3n) is 3.50. The molecule has 0 spiro atoms. The van der Waals surface area contributed by atoms with Crippen LogP contribution in [0.2, 0.25) is 0 Å². The molecule has 0 unspecified atom stereocenters. The Balaban J connectivity index is 1.73. The molecule has 0 fully saturated rings. The summed E-state index contributed by atoms with van der Waals surface area (Å²) in [7, 11) is 1.62. The zero-order valence-corrected chi connectivity index (χ0v) is 12.6. The van der Waals surface area contributed by atoms with Crippen molar-refractivity contribution in [3.05, 3.63) is 48.4 Å². The zero-order chi connectivity index (χ0) is 15.8. The van der Waals surface area contributed by atoms with Crippen LogP contribution >= 0.6 is 0 Å². The van der Waals surface area contributed by atoms with E-state index in [2.05, 4.69) is 15.1 Å². The Kier molecular flexibility index (Phi) is 3.08. The monoisotopic (exact) mass is 307 g/mol. The highest BCUT2D eigenvalue weighted by molar-refractivity contribution is 5.78. The Labute approximate surface area is 131 Å². The summed E-state index contributed by atoms with van der Waals surface area (Å²) in [6.07, 6.45) is 0. The lowest BCUT2D eigenvalue weighted by atomic mass is 10.2. The lowest BCUT2D eigenvalue weighted by molar-refractivity contribution is 0.413. The Morgan fingerprint density at radius 3 is 2.78 bits per heavy atom. The Bertz CT molecular complexity index is 988. The molecule has 2 heterocycles. The van der Waals surface area contributed by atoms with Crippen molar-refractivity contribution < 1.29 is 13.7 Å². The highest BCUT2D eigenvalue weighted by Gasteiger charge is 2.13. The second kappa shape index (κ2) is 5.24. The van der Waals surface area contributed by atoms with E-state index in [0.29, 0.717) is 17.6 Å². The summed E-state index contributed by atoms with van der Waals surface area (Å²) in [6.45, 7) is 1.81. The standard InChI is InChI=1S/C17H13N3O3/c1-10-18-14-9-11(6-7-15(14)22-10)16-19-17(23-20-16)12-4-3-5-13(8-12)21-2/h3-9H,1-2H3. The van der Waals surface area contributed by atoms with E-state index in [1.54, 1.807) is 7.11 Å². The third kappa shape index (κ3) is 2.44. The minimum absolute atomic E-state index is 0.440. The molecule has 0 saturated heterocycles. The van der Waals surface area contributed by atoms with Crippen LogP contribution in [0.1, 0.15) is 5.89 Å². The van der Waals surface area contributed by atoms with Gasteiger partial charge in [0.1, 0.15) is 11.3 Å². The fourth-order valence-electron chi connectivity index (χ4n) is 2.40. The first-order chi connectivity index (χ1) is 11.2. The molecular formula is C17H13N3O3. The van der Waals surface area contributed by atoms with E-state index in [1.807, 2.05) is 49.4 Å². The number of benzene rings is 2. The minimum atomic E-state index is 0.440. The number of ether oxygens (including phenoxy) is 1. The van der Waals surface area contributed by atoms with Gasteiger partial charge in [0, 0.05) is 18.1 Å². The topological polar surface area (TPSA) is 74.2 Å². The van der Waals surface area contributed by atoms with Crippen LogP contribution in [0.15, 0.2) is 51.4 Å². The van der Waals surface area contributed by atoms with Crippen LogP contribution in [-0.4, -0.2) is 22.2 Å². The zero-order valence-electron chi connectivity index (χ0n) is 12.6. The fraction of sp³-hybridized carbons (Fsp3) is 0.118. The van der Waals surface area contributed by atoms with Gasteiger partial charge in [-0.15, -0.1) is 0 Å². The molecule has 0 amide bonds. The molecule has 23 heavy (non-hydrogen) atoms. The van der Waals surface area contributed by atoms with E-state index >= 15 is 0 Å². The lowest BCUT2D eigenvalue weighted by Crippen LogP contribution is -1.84. The van der Waals surface area contributed by atoms with Crippen LogP contribution < -0.4 is 4.74 Å². The molecule has 0 radical (unpaired) electrons. The quantitative estimate of drug-likeness (QED) is 0.572. The van der Waals surface area contributed by atoms with Gasteiger partial charge in [-0.2, -0.15) is 4.98 Å². The summed E-state index contributed by atoms with van der Waals surface area (Å²) in [4.78, 5) is 8.77. The van der Waals surface area contributed by atoms with Crippen LogP contribution in [0.4, 0.5) is 0 Å². The molecule has 6 nitrogen and oxygen atoms in total. The molecule has 6 heteroatoms. The number of aryl methyl sites for hydroxylation is 1. The van der Waals surface area contributed by atoms with Crippen LogP contribution in [0.5, 0.6) is 5.75 Å². The summed E-state index contributed by atoms with van der Waals surface area (Å²) in [5.41, 5.74) is 3.14. The molecule has 0 atom stereocenters. The van der Waals surface area contributed by atoms with Gasteiger partial charge in [-0.1, -0.05) is 11.2 Å². The summed E-state index contributed by atoms with van der Waals surface area (Å²) >= 11 is 0. The first-order valence-electron chi connectivity index (χ1n) is 7.08. The number of rotatable bonds is 3. The van der Waals surface area contributed by atoms with Gasteiger partial charge in [-0.05, 0) is 36.4 Å². The fourth-order valence-corrected chi connectivity index (χ4v) is 2.40. The van der Waals surface area contributed by atoms with Gasteiger partial charge in [-0.25, -0.2) is 4.98 Å². The molecule has 4 rings (SSSR count). The van der Waals surface area contributed by atoms with E-state index in [4.69, 9.17) is 13.7 Å². The molecule has 0 N–H and O–H groups in total. The van der Waals surface area contributed by atoms with Gasteiger partial charge in [0.2, 0.25) is 5.82 Å². The second-order valence-corrected chi connectivity index (χ2v) is 5.07. The molecule has 0 bridgehead atoms. The first-order valence-corrected chi connectivity index (χ1v) is 7.08. The SMILES string of the molecule is COc1cccc(-c2nc(-c3ccc4oc(C)nc4c3)no2)c1. The van der Waals surface area contributed by atoms with Crippen molar-refractivity contribution in [2.45, 2.75) is 6.92 Å². The maximum absolute atomic E-state index is 5.47. The van der Waals surface area contributed by atoms with Crippen LogP contribution in [0, 0.1) is 6.92 Å². The van der Waals surface area contributed by atoms with Gasteiger partial charge in [-0.3, -0.25) is 0 Å². The Hall–Kier alpha value is -3.15. The van der Waals surface area contributed by atoms with E-state index in [9.17, 15) is 0 Å². The highest BCUT2D eigenvalue weighted by atomic mass is 16.5. The van der Waals surface area contributed by atoms with Crippen molar-refractivity contribution in [3.8, 4) is 28.6 Å². The summed E-state index contributed by atoms with van der Waals surface area (Å²) in [6, 6.07) is 13.1. The third-order valence-corrected chi connectivity index (χ3v) is 3.50. The number of methoxy groups -OCH3 is 1. The smallest absolute Gasteiger partial charge is 0.258 e.